The molecule has 154 valence electrons. The Hall–Kier alpha value is -2.47. The maximum atomic E-state index is 12.9. The van der Waals surface area contributed by atoms with Crippen molar-refractivity contribution in [1.82, 2.24) is 0 Å². The first-order valence-corrected chi connectivity index (χ1v) is 11.6. The second kappa shape index (κ2) is 9.35. The summed E-state index contributed by atoms with van der Waals surface area (Å²) < 4.78 is 25.7. The zero-order valence-electron chi connectivity index (χ0n) is 16.3. The van der Waals surface area contributed by atoms with Crippen LogP contribution in [0.5, 0.6) is 5.75 Å². The Labute approximate surface area is 171 Å². The molecule has 1 aliphatic carbocycles. The molecule has 0 aromatic heterocycles. The van der Waals surface area contributed by atoms with Gasteiger partial charge in [0, 0.05) is 24.8 Å². The molecule has 0 heterocycles. The van der Waals surface area contributed by atoms with E-state index in [9.17, 15) is 23.1 Å². The minimum atomic E-state index is -3.75. The van der Waals surface area contributed by atoms with Gasteiger partial charge in [0.15, 0.2) is 15.6 Å². The molecule has 1 saturated carbocycles. The van der Waals surface area contributed by atoms with Crippen molar-refractivity contribution in [2.75, 3.05) is 5.75 Å². The Balaban J connectivity index is 1.66. The van der Waals surface area contributed by atoms with Crippen LogP contribution in [0.25, 0.3) is 0 Å². The Bertz CT molecular complexity index is 971. The largest absolute Gasteiger partial charge is 0.508 e. The van der Waals surface area contributed by atoms with E-state index in [2.05, 4.69) is 0 Å². The van der Waals surface area contributed by atoms with Gasteiger partial charge < -0.3 is 5.11 Å². The molecular formula is C23H26O5S. The number of phenols is 1. The Morgan fingerprint density at radius 2 is 1.62 bits per heavy atom. The fraction of sp³-hybridized carbons (Fsp3) is 0.391. The summed E-state index contributed by atoms with van der Waals surface area (Å²) in [5.41, 5.74) is 0.961. The van der Waals surface area contributed by atoms with E-state index >= 15 is 0 Å². The van der Waals surface area contributed by atoms with E-state index in [-0.39, 0.29) is 46.4 Å². The number of aromatic hydroxyl groups is 1. The molecule has 1 fully saturated rings. The molecule has 2 aromatic carbocycles. The fourth-order valence-electron chi connectivity index (χ4n) is 3.84. The third-order valence-electron chi connectivity index (χ3n) is 5.46. The van der Waals surface area contributed by atoms with Crippen LogP contribution in [0.15, 0.2) is 53.4 Å². The standard InChI is InChI=1S/C23H26O5S/c24-19-11-9-18(10-12-19)15-20(25)13-14-29(27,28)23-8-4-3-7-21(23)22(26)16-17-5-1-2-6-17/h3-4,7-12,17,24H,1-2,5-6,13-16H2. The molecule has 0 aliphatic heterocycles. The van der Waals surface area contributed by atoms with Crippen molar-refractivity contribution in [3.63, 3.8) is 0 Å². The summed E-state index contributed by atoms with van der Waals surface area (Å²) in [6, 6.07) is 12.6. The van der Waals surface area contributed by atoms with Crippen LogP contribution in [0.4, 0.5) is 0 Å². The second-order valence-corrected chi connectivity index (χ2v) is 9.80. The number of carbonyl (C=O) groups excluding carboxylic acids is 2. The highest BCUT2D eigenvalue weighted by Gasteiger charge is 2.25. The van der Waals surface area contributed by atoms with Crippen LogP contribution in [0.2, 0.25) is 0 Å². The van der Waals surface area contributed by atoms with Crippen LogP contribution in [0.3, 0.4) is 0 Å². The van der Waals surface area contributed by atoms with E-state index in [1.54, 1.807) is 30.3 Å². The monoisotopic (exact) mass is 414 g/mol. The smallest absolute Gasteiger partial charge is 0.179 e. The molecule has 0 unspecified atom stereocenters. The van der Waals surface area contributed by atoms with E-state index < -0.39 is 9.84 Å². The van der Waals surface area contributed by atoms with Crippen LogP contribution in [-0.2, 0) is 21.1 Å². The lowest BCUT2D eigenvalue weighted by Gasteiger charge is -2.12. The number of hydrogen-bond acceptors (Lipinski definition) is 5. The van der Waals surface area contributed by atoms with Crippen LogP contribution in [0.1, 0.15) is 54.4 Å². The maximum absolute atomic E-state index is 12.9. The Kier molecular flexibility index (Phi) is 6.85. The molecule has 29 heavy (non-hydrogen) atoms. The lowest BCUT2D eigenvalue weighted by molar-refractivity contribution is -0.118. The molecule has 5 nitrogen and oxygen atoms in total. The zero-order chi connectivity index (χ0) is 20.9. The van der Waals surface area contributed by atoms with Gasteiger partial charge in [-0.1, -0.05) is 56.0 Å². The van der Waals surface area contributed by atoms with Crippen LogP contribution in [0, 0.1) is 5.92 Å². The van der Waals surface area contributed by atoms with E-state index in [1.165, 1.54) is 18.2 Å². The quantitative estimate of drug-likeness (QED) is 0.623. The number of rotatable bonds is 9. The lowest BCUT2D eigenvalue weighted by Crippen LogP contribution is -2.17. The molecule has 0 bridgehead atoms. The van der Waals surface area contributed by atoms with Crippen molar-refractivity contribution in [3.05, 3.63) is 59.7 Å². The number of phenolic OH excluding ortho intramolecular Hbond substituents is 1. The fourth-order valence-corrected chi connectivity index (χ4v) is 5.36. The molecule has 0 atom stereocenters. The van der Waals surface area contributed by atoms with Crippen molar-refractivity contribution >= 4 is 21.4 Å². The summed E-state index contributed by atoms with van der Waals surface area (Å²) in [4.78, 5) is 25.0. The first-order valence-electron chi connectivity index (χ1n) is 10.00. The molecule has 0 amide bonds. The minimum Gasteiger partial charge on any atom is -0.508 e. The summed E-state index contributed by atoms with van der Waals surface area (Å²) in [6.07, 6.45) is 4.67. The van der Waals surface area contributed by atoms with E-state index in [4.69, 9.17) is 0 Å². The van der Waals surface area contributed by atoms with Crippen molar-refractivity contribution < 1.29 is 23.1 Å². The normalized spacial score (nSPS) is 14.8. The molecule has 3 rings (SSSR count). The number of benzene rings is 2. The van der Waals surface area contributed by atoms with E-state index in [0.29, 0.717) is 12.3 Å². The molecule has 6 heteroatoms. The van der Waals surface area contributed by atoms with Crippen LogP contribution in [-0.4, -0.2) is 30.8 Å². The molecule has 1 N–H and O–H groups in total. The van der Waals surface area contributed by atoms with Gasteiger partial charge in [0.05, 0.1) is 10.6 Å². The highest BCUT2D eigenvalue weighted by molar-refractivity contribution is 7.91. The Morgan fingerprint density at radius 3 is 2.31 bits per heavy atom. The van der Waals surface area contributed by atoms with Gasteiger partial charge in [-0.2, -0.15) is 0 Å². The van der Waals surface area contributed by atoms with Gasteiger partial charge in [-0.05, 0) is 29.7 Å². The zero-order valence-corrected chi connectivity index (χ0v) is 17.2. The van der Waals surface area contributed by atoms with Crippen molar-refractivity contribution in [1.29, 1.82) is 0 Å². The van der Waals surface area contributed by atoms with Crippen LogP contribution >= 0.6 is 0 Å². The first kappa shape index (κ1) is 21.2. The molecule has 0 radical (unpaired) electrons. The van der Waals surface area contributed by atoms with Gasteiger partial charge in [-0.3, -0.25) is 9.59 Å². The third kappa shape index (κ3) is 5.76. The van der Waals surface area contributed by atoms with Crippen molar-refractivity contribution in [2.24, 2.45) is 5.92 Å². The average Bonchev–Trinajstić information content (AvgIpc) is 3.21. The number of carbonyl (C=O) groups is 2. The van der Waals surface area contributed by atoms with Gasteiger partial charge in [0.25, 0.3) is 0 Å². The van der Waals surface area contributed by atoms with Gasteiger partial charge in [-0.15, -0.1) is 0 Å². The predicted octanol–water partition coefficient (Wildman–Crippen LogP) is 4.13. The molecule has 2 aromatic rings. The van der Waals surface area contributed by atoms with E-state index in [1.807, 2.05) is 0 Å². The highest BCUT2D eigenvalue weighted by atomic mass is 32.2. The summed E-state index contributed by atoms with van der Waals surface area (Å²) in [5, 5.41) is 9.30. The molecule has 0 saturated heterocycles. The van der Waals surface area contributed by atoms with Gasteiger partial charge in [0.2, 0.25) is 0 Å². The number of ketones is 2. The van der Waals surface area contributed by atoms with Crippen molar-refractivity contribution in [3.8, 4) is 5.75 Å². The second-order valence-electron chi connectivity index (χ2n) is 7.72. The molecule has 1 aliphatic rings. The van der Waals surface area contributed by atoms with Crippen molar-refractivity contribution in [2.45, 2.75) is 49.8 Å². The number of sulfone groups is 1. The topological polar surface area (TPSA) is 88.5 Å². The third-order valence-corrected chi connectivity index (χ3v) is 7.23. The highest BCUT2D eigenvalue weighted by Crippen LogP contribution is 2.30. The summed E-state index contributed by atoms with van der Waals surface area (Å²) in [6.45, 7) is 0. The van der Waals surface area contributed by atoms with Gasteiger partial charge in [-0.25, -0.2) is 8.42 Å². The maximum Gasteiger partial charge on any atom is 0.179 e. The average molecular weight is 415 g/mol. The summed E-state index contributed by atoms with van der Waals surface area (Å²) in [5.74, 6) is -0.203. The van der Waals surface area contributed by atoms with Gasteiger partial charge >= 0.3 is 0 Å². The molecule has 0 spiro atoms. The number of hydrogen-bond donors (Lipinski definition) is 1. The predicted molar refractivity (Wildman–Crippen MR) is 111 cm³/mol. The minimum absolute atomic E-state index is 0.0282. The van der Waals surface area contributed by atoms with Gasteiger partial charge in [0.1, 0.15) is 11.5 Å². The molecular weight excluding hydrogens is 388 g/mol. The SMILES string of the molecule is O=C(CCS(=O)(=O)c1ccccc1C(=O)CC1CCCC1)Cc1ccc(O)cc1. The lowest BCUT2D eigenvalue weighted by atomic mass is 9.97. The van der Waals surface area contributed by atoms with Crippen LogP contribution < -0.4 is 0 Å². The van der Waals surface area contributed by atoms with E-state index in [0.717, 1.165) is 31.2 Å². The Morgan fingerprint density at radius 1 is 0.966 bits per heavy atom. The summed E-state index contributed by atoms with van der Waals surface area (Å²) >= 11 is 0. The summed E-state index contributed by atoms with van der Waals surface area (Å²) in [7, 11) is -3.75. The first-order chi connectivity index (χ1) is 13.8. The number of Topliss-reactive ketones (excluding diaryl/α,β-unsaturated/α-hetero) is 2.